The molecule has 1 aliphatic rings. The number of likely N-dealkylation sites (tertiary alicyclic amines) is 1. The monoisotopic (exact) mass is 240 g/mol. The molecule has 0 saturated carbocycles. The van der Waals surface area contributed by atoms with Crippen LogP contribution in [0.5, 0.6) is 0 Å². The highest BCUT2D eigenvalue weighted by molar-refractivity contribution is 6.29. The van der Waals surface area contributed by atoms with Crippen LogP contribution in [-0.2, 0) is 0 Å². The summed E-state index contributed by atoms with van der Waals surface area (Å²) in [6.45, 7) is 1.62. The molecule has 3 N–H and O–H groups in total. The van der Waals surface area contributed by atoms with E-state index in [0.29, 0.717) is 11.4 Å². The van der Waals surface area contributed by atoms with Crippen LogP contribution in [0.4, 0.5) is 5.82 Å². The highest BCUT2D eigenvalue weighted by Crippen LogP contribution is 2.18. The Kier molecular flexibility index (Phi) is 3.26. The predicted molar refractivity (Wildman–Crippen MR) is 62.2 cm³/mol. The molecule has 0 radical (unpaired) electrons. The predicted octanol–water partition coefficient (Wildman–Crippen LogP) is 1.26. The van der Waals surface area contributed by atoms with E-state index in [-0.39, 0.29) is 11.1 Å². The van der Waals surface area contributed by atoms with Crippen molar-refractivity contribution < 1.29 is 4.79 Å². The molecule has 1 amide bonds. The van der Waals surface area contributed by atoms with E-state index in [1.54, 1.807) is 12.1 Å². The van der Waals surface area contributed by atoms with Crippen molar-refractivity contribution in [2.75, 3.05) is 18.5 Å². The topological polar surface area (TPSA) is 71.2 Å². The molecular weight excluding hydrogens is 228 g/mol. The van der Waals surface area contributed by atoms with Gasteiger partial charge in [0, 0.05) is 18.7 Å². The average Bonchev–Trinajstić information content (AvgIpc) is 2.80. The molecule has 16 heavy (non-hydrogen) atoms. The summed E-state index contributed by atoms with van der Waals surface area (Å²) in [5, 5.41) is 0.262. The number of rotatable bonds is 2. The van der Waals surface area contributed by atoms with E-state index in [4.69, 9.17) is 17.4 Å². The molecular formula is C10H13ClN4O. The third-order valence-electron chi connectivity index (χ3n) is 2.58. The first kappa shape index (κ1) is 11.2. The van der Waals surface area contributed by atoms with Crippen LogP contribution in [0.2, 0.25) is 5.15 Å². The lowest BCUT2D eigenvalue weighted by Crippen LogP contribution is -2.27. The van der Waals surface area contributed by atoms with Crippen LogP contribution >= 0.6 is 11.6 Å². The maximum absolute atomic E-state index is 12.0. The fourth-order valence-electron chi connectivity index (χ4n) is 1.80. The zero-order valence-corrected chi connectivity index (χ0v) is 9.50. The number of pyridine rings is 1. The average molecular weight is 241 g/mol. The number of anilines is 1. The summed E-state index contributed by atoms with van der Waals surface area (Å²) < 4.78 is 0. The van der Waals surface area contributed by atoms with E-state index in [0.717, 1.165) is 25.9 Å². The number of aromatic nitrogens is 1. The highest BCUT2D eigenvalue weighted by Gasteiger charge is 2.20. The van der Waals surface area contributed by atoms with Crippen molar-refractivity contribution in [3.63, 3.8) is 0 Å². The van der Waals surface area contributed by atoms with Gasteiger partial charge in [-0.1, -0.05) is 11.6 Å². The van der Waals surface area contributed by atoms with Crippen molar-refractivity contribution in [1.82, 2.24) is 9.88 Å². The van der Waals surface area contributed by atoms with Crippen LogP contribution in [-0.4, -0.2) is 28.9 Å². The number of nitrogen functional groups attached to an aromatic ring is 1. The molecule has 1 aromatic heterocycles. The summed E-state index contributed by atoms with van der Waals surface area (Å²) in [5.41, 5.74) is 2.91. The molecule has 86 valence electrons. The van der Waals surface area contributed by atoms with Crippen molar-refractivity contribution in [2.45, 2.75) is 12.8 Å². The second-order valence-electron chi connectivity index (χ2n) is 3.71. The Morgan fingerprint density at radius 3 is 2.75 bits per heavy atom. The van der Waals surface area contributed by atoms with Crippen molar-refractivity contribution in [3.8, 4) is 0 Å². The van der Waals surface area contributed by atoms with E-state index in [1.165, 1.54) is 0 Å². The van der Waals surface area contributed by atoms with E-state index >= 15 is 0 Å². The molecule has 0 spiro atoms. The van der Waals surface area contributed by atoms with Crippen molar-refractivity contribution in [3.05, 3.63) is 22.8 Å². The van der Waals surface area contributed by atoms with E-state index in [9.17, 15) is 4.79 Å². The van der Waals surface area contributed by atoms with E-state index in [2.05, 4.69) is 10.4 Å². The van der Waals surface area contributed by atoms with Crippen molar-refractivity contribution in [2.24, 2.45) is 5.84 Å². The SMILES string of the molecule is NNc1cc(C(=O)N2CCCC2)cc(Cl)n1. The number of hydrogen-bond donors (Lipinski definition) is 2. The molecule has 2 heterocycles. The molecule has 0 atom stereocenters. The van der Waals surface area contributed by atoms with Gasteiger partial charge in [0.05, 0.1) is 0 Å². The minimum absolute atomic E-state index is 0.0155. The third kappa shape index (κ3) is 2.25. The van der Waals surface area contributed by atoms with Crippen LogP contribution in [0, 0.1) is 0 Å². The minimum atomic E-state index is -0.0155. The van der Waals surface area contributed by atoms with Crippen molar-refractivity contribution in [1.29, 1.82) is 0 Å². The van der Waals surface area contributed by atoms with E-state index in [1.807, 2.05) is 4.90 Å². The maximum Gasteiger partial charge on any atom is 0.254 e. The molecule has 1 fully saturated rings. The molecule has 0 bridgehead atoms. The van der Waals surface area contributed by atoms with Crippen LogP contribution in [0.1, 0.15) is 23.2 Å². The Bertz CT molecular complexity index is 404. The number of hydrogen-bond acceptors (Lipinski definition) is 4. The van der Waals surface area contributed by atoms with Gasteiger partial charge >= 0.3 is 0 Å². The molecule has 0 unspecified atom stereocenters. The lowest BCUT2D eigenvalue weighted by molar-refractivity contribution is 0.0793. The van der Waals surface area contributed by atoms with E-state index < -0.39 is 0 Å². The summed E-state index contributed by atoms with van der Waals surface area (Å²) in [7, 11) is 0. The van der Waals surface area contributed by atoms with Crippen LogP contribution in [0.25, 0.3) is 0 Å². The van der Waals surface area contributed by atoms with Gasteiger partial charge in [-0.15, -0.1) is 0 Å². The second kappa shape index (κ2) is 4.67. The number of carbonyl (C=O) groups is 1. The molecule has 0 aromatic carbocycles. The number of hydrazine groups is 1. The van der Waals surface area contributed by atoms with Crippen LogP contribution in [0.15, 0.2) is 12.1 Å². The first-order valence-electron chi connectivity index (χ1n) is 5.14. The largest absolute Gasteiger partial charge is 0.339 e. The van der Waals surface area contributed by atoms with Gasteiger partial charge in [-0.05, 0) is 25.0 Å². The number of carbonyl (C=O) groups excluding carboxylic acids is 1. The molecule has 6 heteroatoms. The summed E-state index contributed by atoms with van der Waals surface area (Å²) in [6.07, 6.45) is 2.12. The van der Waals surface area contributed by atoms with Gasteiger partial charge in [0.25, 0.3) is 5.91 Å². The summed E-state index contributed by atoms with van der Waals surface area (Å²) in [4.78, 5) is 17.8. The Morgan fingerprint density at radius 1 is 1.44 bits per heavy atom. The lowest BCUT2D eigenvalue weighted by Gasteiger charge is -2.15. The molecule has 0 aliphatic carbocycles. The number of nitrogens with two attached hydrogens (primary N) is 1. The number of nitrogens with one attached hydrogen (secondary N) is 1. The van der Waals surface area contributed by atoms with Crippen LogP contribution < -0.4 is 11.3 Å². The van der Waals surface area contributed by atoms with Gasteiger partial charge in [-0.2, -0.15) is 0 Å². The first-order chi connectivity index (χ1) is 7.70. The third-order valence-corrected chi connectivity index (χ3v) is 2.78. The van der Waals surface area contributed by atoms with Gasteiger partial charge in [0.2, 0.25) is 0 Å². The fourth-order valence-corrected chi connectivity index (χ4v) is 2.01. The molecule has 5 nitrogen and oxygen atoms in total. The summed E-state index contributed by atoms with van der Waals surface area (Å²) >= 11 is 5.80. The van der Waals surface area contributed by atoms with Crippen molar-refractivity contribution >= 4 is 23.3 Å². The maximum atomic E-state index is 12.0. The van der Waals surface area contributed by atoms with Gasteiger partial charge in [-0.3, -0.25) is 4.79 Å². The molecule has 1 saturated heterocycles. The fraction of sp³-hybridized carbons (Fsp3) is 0.400. The zero-order valence-electron chi connectivity index (χ0n) is 8.74. The number of nitrogens with zero attached hydrogens (tertiary/aromatic N) is 2. The summed E-state index contributed by atoms with van der Waals surface area (Å²) in [5.74, 6) is 5.63. The molecule has 1 aliphatic heterocycles. The Balaban J connectivity index is 2.24. The normalized spacial score (nSPS) is 15.2. The highest BCUT2D eigenvalue weighted by atomic mass is 35.5. The lowest BCUT2D eigenvalue weighted by atomic mass is 10.2. The Hall–Kier alpha value is -1.33. The zero-order chi connectivity index (χ0) is 11.5. The number of halogens is 1. The standard InChI is InChI=1S/C10H13ClN4O/c11-8-5-7(6-9(13-8)14-12)10(16)15-3-1-2-4-15/h5-6H,1-4,12H2,(H,13,14). The van der Waals surface area contributed by atoms with Gasteiger partial charge < -0.3 is 10.3 Å². The van der Waals surface area contributed by atoms with Gasteiger partial charge in [0.1, 0.15) is 11.0 Å². The Labute approximate surface area is 98.6 Å². The van der Waals surface area contributed by atoms with Crippen LogP contribution in [0.3, 0.4) is 0 Å². The summed E-state index contributed by atoms with van der Waals surface area (Å²) in [6, 6.07) is 3.16. The quantitative estimate of drug-likeness (QED) is 0.464. The minimum Gasteiger partial charge on any atom is -0.339 e. The first-order valence-corrected chi connectivity index (χ1v) is 5.52. The smallest absolute Gasteiger partial charge is 0.254 e. The van der Waals surface area contributed by atoms with Gasteiger partial charge in [0.15, 0.2) is 0 Å². The second-order valence-corrected chi connectivity index (χ2v) is 4.09. The number of amides is 1. The Morgan fingerprint density at radius 2 is 2.12 bits per heavy atom. The van der Waals surface area contributed by atoms with Gasteiger partial charge in [-0.25, -0.2) is 10.8 Å². The molecule has 2 rings (SSSR count). The molecule has 1 aromatic rings.